The number of rotatable bonds is 4. The van der Waals surface area contributed by atoms with Gasteiger partial charge in [-0.05, 0) is 53.8 Å². The van der Waals surface area contributed by atoms with Crippen molar-refractivity contribution in [1.29, 1.82) is 0 Å². The largest absolute Gasteiger partial charge is 0.331 e. The van der Waals surface area contributed by atoms with Crippen LogP contribution in [0.15, 0.2) is 30.3 Å². The number of imide groups is 1. The maximum atomic E-state index is 14.7. The van der Waals surface area contributed by atoms with Crippen molar-refractivity contribution in [3.05, 3.63) is 58.7 Å². The third-order valence-corrected chi connectivity index (χ3v) is 6.01. The van der Waals surface area contributed by atoms with E-state index in [9.17, 15) is 23.2 Å². The molecular weight excluding hydrogens is 392 g/mol. The van der Waals surface area contributed by atoms with Crippen LogP contribution >= 0.6 is 0 Å². The van der Waals surface area contributed by atoms with Crippen LogP contribution in [-0.2, 0) is 17.9 Å². The molecule has 6 nitrogen and oxygen atoms in total. The number of halogens is 2. The molecule has 2 aromatic rings. The van der Waals surface area contributed by atoms with Gasteiger partial charge in [0, 0.05) is 30.8 Å². The van der Waals surface area contributed by atoms with Gasteiger partial charge in [0.25, 0.3) is 5.91 Å². The minimum atomic E-state index is -0.781. The van der Waals surface area contributed by atoms with Crippen molar-refractivity contribution in [2.75, 3.05) is 13.6 Å². The van der Waals surface area contributed by atoms with Crippen LogP contribution in [0.5, 0.6) is 0 Å². The van der Waals surface area contributed by atoms with E-state index >= 15 is 0 Å². The van der Waals surface area contributed by atoms with Gasteiger partial charge in [0.2, 0.25) is 5.91 Å². The monoisotopic (exact) mass is 411 g/mol. The second kappa shape index (κ2) is 6.62. The number of hydrogen-bond donors (Lipinski definition) is 0. The lowest BCUT2D eigenvalue weighted by Gasteiger charge is -2.16. The molecule has 2 aliphatic heterocycles. The topological polar surface area (TPSA) is 60.9 Å². The molecule has 1 aliphatic carbocycles. The normalized spacial score (nSPS) is 18.6. The molecule has 1 saturated heterocycles. The number of nitrogens with zero attached hydrogens (tertiary/aromatic N) is 3. The van der Waals surface area contributed by atoms with Crippen LogP contribution in [0.25, 0.3) is 11.1 Å². The van der Waals surface area contributed by atoms with Crippen LogP contribution in [0.3, 0.4) is 0 Å². The highest BCUT2D eigenvalue weighted by atomic mass is 19.1. The molecule has 0 unspecified atom stereocenters. The molecule has 5 rings (SSSR count). The lowest BCUT2D eigenvalue weighted by Crippen LogP contribution is -2.30. The zero-order valence-corrected chi connectivity index (χ0v) is 16.3. The van der Waals surface area contributed by atoms with Crippen molar-refractivity contribution in [2.45, 2.75) is 32.0 Å². The Kier molecular flexibility index (Phi) is 4.13. The third-order valence-electron chi connectivity index (χ3n) is 6.01. The van der Waals surface area contributed by atoms with E-state index in [0.29, 0.717) is 29.3 Å². The Morgan fingerprint density at radius 1 is 0.967 bits per heavy atom. The second-order valence-electron chi connectivity index (χ2n) is 8.05. The molecule has 8 heteroatoms. The van der Waals surface area contributed by atoms with E-state index in [1.807, 2.05) is 4.90 Å². The molecule has 2 aromatic carbocycles. The number of carbonyl (C=O) groups excluding carboxylic acids is 3. The van der Waals surface area contributed by atoms with Gasteiger partial charge in [0.05, 0.1) is 6.54 Å². The molecule has 0 spiro atoms. The highest BCUT2D eigenvalue weighted by Crippen LogP contribution is 2.36. The van der Waals surface area contributed by atoms with Crippen molar-refractivity contribution < 1.29 is 23.2 Å². The Hall–Kier alpha value is -3.29. The Morgan fingerprint density at radius 2 is 1.67 bits per heavy atom. The van der Waals surface area contributed by atoms with Gasteiger partial charge in [-0.2, -0.15) is 0 Å². The van der Waals surface area contributed by atoms with Crippen LogP contribution in [0.2, 0.25) is 0 Å². The number of likely N-dealkylation sites (N-methyl/N-ethyl adjacent to an activating group) is 1. The molecule has 0 radical (unpaired) electrons. The summed E-state index contributed by atoms with van der Waals surface area (Å²) in [7, 11) is 1.34. The maximum Gasteiger partial charge on any atom is 0.327 e. The molecule has 3 aliphatic rings. The van der Waals surface area contributed by atoms with Gasteiger partial charge >= 0.3 is 6.03 Å². The van der Waals surface area contributed by atoms with Crippen LogP contribution in [0.4, 0.5) is 13.6 Å². The minimum Gasteiger partial charge on any atom is -0.331 e. The molecule has 0 bridgehead atoms. The summed E-state index contributed by atoms with van der Waals surface area (Å²) in [5, 5.41) is 0. The van der Waals surface area contributed by atoms with E-state index in [-0.39, 0.29) is 24.6 Å². The first-order valence-electron chi connectivity index (χ1n) is 9.81. The van der Waals surface area contributed by atoms with E-state index < -0.39 is 23.6 Å². The molecule has 2 heterocycles. The zero-order valence-electron chi connectivity index (χ0n) is 16.3. The summed E-state index contributed by atoms with van der Waals surface area (Å²) < 4.78 is 29.5. The summed E-state index contributed by atoms with van der Waals surface area (Å²) in [6.45, 7) is 0.00253. The third kappa shape index (κ3) is 2.94. The standard InChI is InChI=1S/C22H19F2N3O3/c1-25-20(28)11-26(22(25)30)10-17-18(23)7-13(8-19(17)24)12-2-5-16-14(6-12)9-27(21(16)29)15-3-4-15/h2,5-8,15H,3-4,9-11H2,1H3. The lowest BCUT2D eigenvalue weighted by atomic mass is 9.98. The first-order chi connectivity index (χ1) is 14.3. The fourth-order valence-electron chi connectivity index (χ4n) is 4.09. The molecule has 1 saturated carbocycles. The summed E-state index contributed by atoms with van der Waals surface area (Å²) in [5.41, 5.74) is 2.22. The average molecular weight is 411 g/mol. The number of hydrogen-bond acceptors (Lipinski definition) is 3. The highest BCUT2D eigenvalue weighted by molar-refractivity contribution is 6.01. The summed E-state index contributed by atoms with van der Waals surface area (Å²) in [6, 6.07) is 7.39. The number of amides is 4. The maximum absolute atomic E-state index is 14.7. The molecule has 2 fully saturated rings. The Morgan fingerprint density at radius 3 is 2.27 bits per heavy atom. The number of benzene rings is 2. The highest BCUT2D eigenvalue weighted by Gasteiger charge is 2.38. The van der Waals surface area contributed by atoms with Crippen LogP contribution in [-0.4, -0.2) is 52.2 Å². The van der Waals surface area contributed by atoms with Gasteiger partial charge in [-0.25, -0.2) is 13.6 Å². The van der Waals surface area contributed by atoms with E-state index in [2.05, 4.69) is 0 Å². The van der Waals surface area contributed by atoms with Crippen molar-refractivity contribution >= 4 is 17.8 Å². The summed E-state index contributed by atoms with van der Waals surface area (Å²) in [6.07, 6.45) is 2.04. The van der Waals surface area contributed by atoms with E-state index in [1.165, 1.54) is 19.2 Å². The Labute approximate surface area is 171 Å². The SMILES string of the molecule is CN1C(=O)CN(Cc2c(F)cc(-c3ccc4c(c3)CN(C3CC3)C4=O)cc2F)C1=O. The van der Waals surface area contributed by atoms with E-state index in [0.717, 1.165) is 28.2 Å². The summed E-state index contributed by atoms with van der Waals surface area (Å²) in [4.78, 5) is 40.0. The van der Waals surface area contributed by atoms with Gasteiger partial charge in [-0.15, -0.1) is 0 Å². The Bertz CT molecular complexity index is 1090. The second-order valence-corrected chi connectivity index (χ2v) is 8.05. The van der Waals surface area contributed by atoms with Crippen LogP contribution < -0.4 is 0 Å². The van der Waals surface area contributed by atoms with Crippen molar-refractivity contribution in [3.8, 4) is 11.1 Å². The van der Waals surface area contributed by atoms with Crippen LogP contribution in [0, 0.1) is 11.6 Å². The van der Waals surface area contributed by atoms with E-state index in [4.69, 9.17) is 0 Å². The molecule has 0 N–H and O–H groups in total. The fraction of sp³-hybridized carbons (Fsp3) is 0.318. The number of carbonyl (C=O) groups is 3. The summed E-state index contributed by atoms with van der Waals surface area (Å²) in [5.74, 6) is -1.96. The number of fused-ring (bicyclic) bond motifs is 1. The first-order valence-corrected chi connectivity index (χ1v) is 9.81. The van der Waals surface area contributed by atoms with Crippen molar-refractivity contribution in [2.24, 2.45) is 0 Å². The lowest BCUT2D eigenvalue weighted by molar-refractivity contribution is -0.124. The average Bonchev–Trinajstić information content (AvgIpc) is 3.47. The van der Waals surface area contributed by atoms with Gasteiger partial charge in [0.1, 0.15) is 18.2 Å². The molecule has 154 valence electrons. The first kappa shape index (κ1) is 18.7. The van der Waals surface area contributed by atoms with Crippen LogP contribution in [0.1, 0.15) is 34.3 Å². The predicted molar refractivity (Wildman–Crippen MR) is 103 cm³/mol. The molecule has 4 amide bonds. The van der Waals surface area contributed by atoms with Gasteiger partial charge < -0.3 is 9.80 Å². The number of urea groups is 1. The summed E-state index contributed by atoms with van der Waals surface area (Å²) >= 11 is 0. The molecule has 0 aromatic heterocycles. The Balaban J connectivity index is 1.42. The fourth-order valence-corrected chi connectivity index (χ4v) is 4.09. The van der Waals surface area contributed by atoms with Gasteiger partial charge in [-0.3, -0.25) is 14.5 Å². The zero-order chi connectivity index (χ0) is 21.2. The van der Waals surface area contributed by atoms with E-state index in [1.54, 1.807) is 18.2 Å². The van der Waals surface area contributed by atoms with Gasteiger partial charge in [0.15, 0.2) is 0 Å². The predicted octanol–water partition coefficient (Wildman–Crippen LogP) is 3.14. The molecule has 0 atom stereocenters. The molecular formula is C22H19F2N3O3. The quantitative estimate of drug-likeness (QED) is 0.727. The van der Waals surface area contributed by atoms with Crippen molar-refractivity contribution in [3.63, 3.8) is 0 Å². The van der Waals surface area contributed by atoms with Crippen molar-refractivity contribution in [1.82, 2.24) is 14.7 Å². The smallest absolute Gasteiger partial charge is 0.327 e. The molecule has 30 heavy (non-hydrogen) atoms. The van der Waals surface area contributed by atoms with Gasteiger partial charge in [-0.1, -0.05) is 6.07 Å². The minimum absolute atomic E-state index is 0.0153.